The number of rotatable bonds is 2. The van der Waals surface area contributed by atoms with Crippen LogP contribution >= 0.6 is 11.7 Å². The first-order valence-corrected chi connectivity index (χ1v) is 6.73. The Morgan fingerprint density at radius 3 is 2.89 bits per heavy atom. The second-order valence-electron chi connectivity index (χ2n) is 4.36. The Morgan fingerprint density at radius 1 is 1.33 bits per heavy atom. The summed E-state index contributed by atoms with van der Waals surface area (Å²) < 4.78 is 7.92. The van der Waals surface area contributed by atoms with Gasteiger partial charge in [-0.1, -0.05) is 30.3 Å². The van der Waals surface area contributed by atoms with Crippen LogP contribution < -0.4 is 0 Å². The van der Waals surface area contributed by atoms with Crippen LogP contribution in [0.15, 0.2) is 36.5 Å². The van der Waals surface area contributed by atoms with Gasteiger partial charge < -0.3 is 4.90 Å². The highest BCUT2D eigenvalue weighted by Crippen LogP contribution is 2.32. The monoisotopic (exact) mass is 259 g/mol. The van der Waals surface area contributed by atoms with Crippen molar-refractivity contribution in [3.05, 3.63) is 47.8 Å². The molecule has 4 nitrogen and oxygen atoms in total. The Hall–Kier alpha value is -1.75. The van der Waals surface area contributed by atoms with Gasteiger partial charge in [-0.3, -0.25) is 4.79 Å². The Bertz CT molecular complexity index is 526. The lowest BCUT2D eigenvalue weighted by Crippen LogP contribution is -2.30. The number of amides is 1. The van der Waals surface area contributed by atoms with E-state index < -0.39 is 0 Å². The number of nitrogens with zero attached hydrogens (tertiary/aromatic N) is 3. The number of carbonyl (C=O) groups is 1. The molecule has 5 heteroatoms. The van der Waals surface area contributed by atoms with Gasteiger partial charge in [0.15, 0.2) is 5.69 Å². The molecule has 0 saturated carbocycles. The highest BCUT2D eigenvalue weighted by Gasteiger charge is 2.31. The molecule has 1 unspecified atom stereocenters. The summed E-state index contributed by atoms with van der Waals surface area (Å²) in [7, 11) is 0. The Morgan fingerprint density at radius 2 is 2.17 bits per heavy atom. The minimum Gasteiger partial charge on any atom is -0.330 e. The lowest BCUT2D eigenvalue weighted by atomic mass is 10.0. The molecule has 3 rings (SSSR count). The first-order valence-electron chi connectivity index (χ1n) is 6.00. The molecule has 1 aliphatic rings. The quantitative estimate of drug-likeness (QED) is 0.832. The fourth-order valence-electron chi connectivity index (χ4n) is 2.44. The van der Waals surface area contributed by atoms with Crippen LogP contribution in [0.4, 0.5) is 0 Å². The van der Waals surface area contributed by atoms with E-state index in [0.717, 1.165) is 31.1 Å². The molecule has 1 aromatic heterocycles. The maximum absolute atomic E-state index is 12.3. The Balaban J connectivity index is 1.86. The van der Waals surface area contributed by atoms with Crippen LogP contribution in [0.2, 0.25) is 0 Å². The Kier molecular flexibility index (Phi) is 3.06. The van der Waals surface area contributed by atoms with Gasteiger partial charge in [0.1, 0.15) is 0 Å². The summed E-state index contributed by atoms with van der Waals surface area (Å²) in [6.45, 7) is 0.802. The van der Waals surface area contributed by atoms with Crippen molar-refractivity contribution in [1.82, 2.24) is 13.6 Å². The number of carbonyl (C=O) groups excluding carboxylic acids is 1. The van der Waals surface area contributed by atoms with Crippen LogP contribution in [0.1, 0.15) is 34.9 Å². The fourth-order valence-corrected chi connectivity index (χ4v) is 2.84. The van der Waals surface area contributed by atoms with Gasteiger partial charge in [0.05, 0.1) is 24.0 Å². The highest BCUT2D eigenvalue weighted by molar-refractivity contribution is 6.99. The Labute approximate surface area is 110 Å². The summed E-state index contributed by atoms with van der Waals surface area (Å²) in [5, 5.41) is 0. The predicted molar refractivity (Wildman–Crippen MR) is 69.4 cm³/mol. The van der Waals surface area contributed by atoms with Gasteiger partial charge in [-0.05, 0) is 18.4 Å². The summed E-state index contributed by atoms with van der Waals surface area (Å²) in [5.74, 6) is -0.00453. The molecule has 0 radical (unpaired) electrons. The zero-order chi connectivity index (χ0) is 12.4. The van der Waals surface area contributed by atoms with Gasteiger partial charge in [-0.15, -0.1) is 0 Å². The number of hydrogen-bond donors (Lipinski definition) is 0. The third-order valence-electron chi connectivity index (χ3n) is 3.28. The van der Waals surface area contributed by atoms with E-state index in [1.54, 1.807) is 6.20 Å². The van der Waals surface area contributed by atoms with Gasteiger partial charge in [-0.25, -0.2) is 0 Å². The van der Waals surface area contributed by atoms with Gasteiger partial charge in [0.2, 0.25) is 0 Å². The van der Waals surface area contributed by atoms with E-state index in [9.17, 15) is 4.79 Å². The second-order valence-corrected chi connectivity index (χ2v) is 4.92. The largest absolute Gasteiger partial charge is 0.330 e. The first kappa shape index (κ1) is 11.3. The molecule has 18 heavy (non-hydrogen) atoms. The third kappa shape index (κ3) is 2.01. The summed E-state index contributed by atoms with van der Waals surface area (Å²) in [6, 6.07) is 10.4. The maximum Gasteiger partial charge on any atom is 0.275 e. The highest BCUT2D eigenvalue weighted by atomic mass is 32.1. The molecule has 1 aromatic carbocycles. The van der Waals surface area contributed by atoms with Crippen molar-refractivity contribution in [1.29, 1.82) is 0 Å². The fraction of sp³-hybridized carbons (Fsp3) is 0.308. The van der Waals surface area contributed by atoms with Crippen molar-refractivity contribution in [2.45, 2.75) is 18.9 Å². The number of likely N-dealkylation sites (tertiary alicyclic amines) is 1. The SMILES string of the molecule is O=C(c1cnsn1)N1CCCC1c1ccccc1. The standard InChI is InChI=1S/C13H13N3OS/c17-13(11-9-14-18-15-11)16-8-4-7-12(16)10-5-2-1-3-6-10/h1-3,5-6,9,12H,4,7-8H2. The van der Waals surface area contributed by atoms with Crippen molar-refractivity contribution in [2.24, 2.45) is 0 Å². The van der Waals surface area contributed by atoms with Gasteiger partial charge in [0.25, 0.3) is 5.91 Å². The average Bonchev–Trinajstić information content (AvgIpc) is 3.10. The summed E-state index contributed by atoms with van der Waals surface area (Å²) in [5.41, 5.74) is 1.66. The van der Waals surface area contributed by atoms with E-state index in [1.807, 2.05) is 23.1 Å². The lowest BCUT2D eigenvalue weighted by molar-refractivity contribution is 0.0731. The van der Waals surface area contributed by atoms with Crippen LogP contribution in [-0.2, 0) is 0 Å². The minimum absolute atomic E-state index is 0.00453. The minimum atomic E-state index is -0.00453. The van der Waals surface area contributed by atoms with Crippen LogP contribution in [0.3, 0.4) is 0 Å². The van der Waals surface area contributed by atoms with Crippen LogP contribution in [0.25, 0.3) is 0 Å². The molecule has 2 aromatic rings. The van der Waals surface area contributed by atoms with Gasteiger partial charge in [0, 0.05) is 6.54 Å². The summed E-state index contributed by atoms with van der Waals surface area (Å²) >= 11 is 1.08. The van der Waals surface area contributed by atoms with E-state index in [-0.39, 0.29) is 11.9 Å². The normalized spacial score (nSPS) is 19.1. The van der Waals surface area contributed by atoms with Crippen molar-refractivity contribution in [3.8, 4) is 0 Å². The molecule has 0 spiro atoms. The van der Waals surface area contributed by atoms with Crippen molar-refractivity contribution in [3.63, 3.8) is 0 Å². The van der Waals surface area contributed by atoms with E-state index in [2.05, 4.69) is 20.9 Å². The topological polar surface area (TPSA) is 46.1 Å². The zero-order valence-corrected chi connectivity index (χ0v) is 10.6. The van der Waals surface area contributed by atoms with E-state index in [4.69, 9.17) is 0 Å². The summed E-state index contributed by atoms with van der Waals surface area (Å²) in [4.78, 5) is 14.2. The molecule has 2 heterocycles. The van der Waals surface area contributed by atoms with Crippen LogP contribution in [0, 0.1) is 0 Å². The van der Waals surface area contributed by atoms with Gasteiger partial charge in [-0.2, -0.15) is 8.75 Å². The van der Waals surface area contributed by atoms with Crippen LogP contribution in [0.5, 0.6) is 0 Å². The molecular weight excluding hydrogens is 246 g/mol. The van der Waals surface area contributed by atoms with Crippen molar-refractivity contribution in [2.75, 3.05) is 6.54 Å². The maximum atomic E-state index is 12.3. The van der Waals surface area contributed by atoms with E-state index >= 15 is 0 Å². The molecule has 92 valence electrons. The molecule has 0 bridgehead atoms. The molecule has 0 N–H and O–H groups in total. The van der Waals surface area contributed by atoms with Crippen LogP contribution in [-0.4, -0.2) is 26.1 Å². The van der Waals surface area contributed by atoms with Crippen molar-refractivity contribution < 1.29 is 4.79 Å². The van der Waals surface area contributed by atoms with Crippen molar-refractivity contribution >= 4 is 17.6 Å². The number of benzene rings is 1. The first-order chi connectivity index (χ1) is 8.86. The molecular formula is C13H13N3OS. The van der Waals surface area contributed by atoms with Gasteiger partial charge >= 0.3 is 0 Å². The third-order valence-corrected chi connectivity index (χ3v) is 3.76. The smallest absolute Gasteiger partial charge is 0.275 e. The molecule has 1 atom stereocenters. The number of aromatic nitrogens is 2. The predicted octanol–water partition coefficient (Wildman–Crippen LogP) is 2.52. The van der Waals surface area contributed by atoms with E-state index in [0.29, 0.717) is 5.69 Å². The lowest BCUT2D eigenvalue weighted by Gasteiger charge is -2.24. The molecule has 1 amide bonds. The molecule has 1 aliphatic heterocycles. The average molecular weight is 259 g/mol. The molecule has 1 fully saturated rings. The summed E-state index contributed by atoms with van der Waals surface area (Å²) in [6.07, 6.45) is 3.61. The zero-order valence-electron chi connectivity index (χ0n) is 9.82. The molecule has 0 aliphatic carbocycles. The van der Waals surface area contributed by atoms with E-state index in [1.165, 1.54) is 5.56 Å². The second kappa shape index (κ2) is 4.86. The molecule has 1 saturated heterocycles. The number of hydrogen-bond acceptors (Lipinski definition) is 4.